The Kier molecular flexibility index (Phi) is 6.34. The maximum Gasteiger partial charge on any atom is 0.335 e. The molecule has 3 heterocycles. The monoisotopic (exact) mass is 511 g/mol. The van der Waals surface area contributed by atoms with E-state index in [9.17, 15) is 18.3 Å². The van der Waals surface area contributed by atoms with Crippen molar-refractivity contribution < 1.29 is 23.1 Å². The molecule has 0 aliphatic carbocycles. The highest BCUT2D eigenvalue weighted by atomic mass is 32.2. The number of piperidine rings is 1. The number of benzene rings is 2. The second-order valence-electron chi connectivity index (χ2n) is 10.2. The Bertz CT molecular complexity index is 1390. The number of carbonyl (C=O) groups is 1. The third-order valence-corrected chi connectivity index (χ3v) is 9.79. The van der Waals surface area contributed by atoms with Crippen LogP contribution in [0.15, 0.2) is 42.6 Å². The second-order valence-corrected chi connectivity index (χ2v) is 12.4. The number of aromatic nitrogens is 1. The first kappa shape index (κ1) is 24.8. The van der Waals surface area contributed by atoms with E-state index in [-0.39, 0.29) is 22.8 Å². The van der Waals surface area contributed by atoms with Crippen molar-refractivity contribution in [3.05, 3.63) is 64.8 Å². The Morgan fingerprint density at radius 3 is 2.58 bits per heavy atom. The summed E-state index contributed by atoms with van der Waals surface area (Å²) in [6, 6.07) is 11.3. The number of carboxylic acid groups (broad SMARTS) is 1. The molecule has 0 radical (unpaired) electrons. The molecule has 1 unspecified atom stereocenters. The minimum Gasteiger partial charge on any atom is -0.496 e. The summed E-state index contributed by atoms with van der Waals surface area (Å²) in [6.45, 7) is 6.35. The molecule has 36 heavy (non-hydrogen) atoms. The number of nitrogens with one attached hydrogen (secondary N) is 1. The lowest BCUT2D eigenvalue weighted by molar-refractivity contribution is -0.0330. The van der Waals surface area contributed by atoms with Crippen molar-refractivity contribution in [2.24, 2.45) is 5.41 Å². The first-order chi connectivity index (χ1) is 17.2. The molecular weight excluding hydrogens is 478 g/mol. The van der Waals surface area contributed by atoms with E-state index in [1.54, 1.807) is 30.5 Å². The van der Waals surface area contributed by atoms with Crippen LogP contribution in [0.3, 0.4) is 0 Å². The minimum atomic E-state index is -3.19. The summed E-state index contributed by atoms with van der Waals surface area (Å²) in [5.41, 5.74) is 4.59. The molecule has 2 aliphatic heterocycles. The van der Waals surface area contributed by atoms with Crippen LogP contribution in [0.2, 0.25) is 0 Å². The summed E-state index contributed by atoms with van der Waals surface area (Å²) in [7, 11) is -1.50. The molecule has 8 nitrogen and oxygen atoms in total. The fourth-order valence-electron chi connectivity index (χ4n) is 5.90. The molecule has 1 atom stereocenters. The molecule has 9 heteroatoms. The van der Waals surface area contributed by atoms with Crippen molar-refractivity contribution in [3.63, 3.8) is 0 Å². The number of sulfonamides is 1. The topological polar surface area (TPSA) is 103 Å². The number of carboxylic acids is 1. The van der Waals surface area contributed by atoms with Gasteiger partial charge in [0.15, 0.2) is 0 Å². The number of methoxy groups -OCH3 is 1. The van der Waals surface area contributed by atoms with Gasteiger partial charge < -0.3 is 14.8 Å². The van der Waals surface area contributed by atoms with Gasteiger partial charge in [-0.25, -0.2) is 17.5 Å². The molecule has 2 fully saturated rings. The molecule has 0 amide bonds. The summed E-state index contributed by atoms with van der Waals surface area (Å²) >= 11 is 0. The molecule has 2 aromatic carbocycles. The standard InChI is InChI=1S/C27H33N3O5S/c1-4-36(33,34)30-16-27(17-30)10-12-29(23(14-27)19-5-7-20(8-6-19)26(31)32)15-22-21-9-11-28-25(21)18(2)13-24(22)35-3/h5-9,11,13,23,28H,4,10,12,14-17H2,1-3H3,(H,31,32). The van der Waals surface area contributed by atoms with Crippen LogP contribution in [0, 0.1) is 12.3 Å². The zero-order valence-corrected chi connectivity index (χ0v) is 21.8. The number of hydrogen-bond acceptors (Lipinski definition) is 5. The van der Waals surface area contributed by atoms with Gasteiger partial charge in [0.2, 0.25) is 10.0 Å². The van der Waals surface area contributed by atoms with Gasteiger partial charge in [0, 0.05) is 53.8 Å². The van der Waals surface area contributed by atoms with E-state index in [1.165, 1.54) is 0 Å². The zero-order chi connectivity index (χ0) is 25.7. The van der Waals surface area contributed by atoms with E-state index >= 15 is 0 Å². The number of hydrogen-bond donors (Lipinski definition) is 2. The highest BCUT2D eigenvalue weighted by molar-refractivity contribution is 7.89. The normalized spacial score (nSPS) is 20.5. The first-order valence-corrected chi connectivity index (χ1v) is 14.0. The predicted molar refractivity (Wildman–Crippen MR) is 139 cm³/mol. The quantitative estimate of drug-likeness (QED) is 0.494. The highest BCUT2D eigenvalue weighted by Crippen LogP contribution is 2.49. The lowest BCUT2D eigenvalue weighted by Gasteiger charge is -2.55. The van der Waals surface area contributed by atoms with E-state index in [1.807, 2.05) is 18.3 Å². The number of aromatic amines is 1. The van der Waals surface area contributed by atoms with Crippen LogP contribution < -0.4 is 4.74 Å². The predicted octanol–water partition coefficient (Wildman–Crippen LogP) is 4.17. The van der Waals surface area contributed by atoms with Gasteiger partial charge in [-0.15, -0.1) is 0 Å². The Balaban J connectivity index is 1.48. The van der Waals surface area contributed by atoms with Crippen molar-refractivity contribution in [3.8, 4) is 5.75 Å². The van der Waals surface area contributed by atoms with Gasteiger partial charge >= 0.3 is 5.97 Å². The number of nitrogens with zero attached hydrogens (tertiary/aromatic N) is 2. The molecule has 3 aromatic rings. The molecule has 0 saturated carbocycles. The second kappa shape index (κ2) is 9.21. The first-order valence-electron chi connectivity index (χ1n) is 12.3. The van der Waals surface area contributed by atoms with Gasteiger partial charge in [-0.2, -0.15) is 0 Å². The van der Waals surface area contributed by atoms with Crippen molar-refractivity contribution in [1.82, 2.24) is 14.2 Å². The summed E-state index contributed by atoms with van der Waals surface area (Å²) < 4.78 is 32.2. The van der Waals surface area contributed by atoms with Crippen LogP contribution in [-0.2, 0) is 16.6 Å². The van der Waals surface area contributed by atoms with Crippen molar-refractivity contribution in [2.75, 3.05) is 32.5 Å². The Morgan fingerprint density at radius 2 is 1.94 bits per heavy atom. The number of aromatic carboxylic acids is 1. The molecule has 192 valence electrons. The van der Waals surface area contributed by atoms with E-state index in [4.69, 9.17) is 4.74 Å². The maximum absolute atomic E-state index is 12.4. The van der Waals surface area contributed by atoms with Gasteiger partial charge in [-0.3, -0.25) is 4.90 Å². The fraction of sp³-hybridized carbons (Fsp3) is 0.444. The molecular formula is C27H33N3O5S. The fourth-order valence-corrected chi connectivity index (χ4v) is 7.20. The van der Waals surface area contributed by atoms with Gasteiger partial charge in [-0.1, -0.05) is 12.1 Å². The molecule has 2 N–H and O–H groups in total. The Labute approximate surface area is 211 Å². The van der Waals surface area contributed by atoms with Crippen LogP contribution in [-0.4, -0.2) is 66.2 Å². The summed E-state index contributed by atoms with van der Waals surface area (Å²) in [5.74, 6) is 0.0238. The molecule has 2 aliphatic rings. The van der Waals surface area contributed by atoms with Crippen LogP contribution in [0.1, 0.15) is 52.9 Å². The lowest BCUT2D eigenvalue weighted by atomic mass is 9.69. The molecule has 1 spiro atoms. The molecule has 2 saturated heterocycles. The molecule has 0 bridgehead atoms. The van der Waals surface area contributed by atoms with E-state index in [2.05, 4.69) is 28.9 Å². The summed E-state index contributed by atoms with van der Waals surface area (Å²) in [6.07, 6.45) is 3.68. The van der Waals surface area contributed by atoms with Gasteiger partial charge in [-0.05, 0) is 68.6 Å². The Hall–Kier alpha value is -2.88. The van der Waals surface area contributed by atoms with E-state index in [0.29, 0.717) is 19.6 Å². The van der Waals surface area contributed by atoms with Gasteiger partial charge in [0.1, 0.15) is 5.75 Å². The smallest absolute Gasteiger partial charge is 0.335 e. The average molecular weight is 512 g/mol. The van der Waals surface area contributed by atoms with Crippen molar-refractivity contribution in [2.45, 2.75) is 39.3 Å². The van der Waals surface area contributed by atoms with Crippen LogP contribution in [0.5, 0.6) is 5.75 Å². The third-order valence-electron chi connectivity index (χ3n) is 8.01. The third kappa shape index (κ3) is 4.29. The summed E-state index contributed by atoms with van der Waals surface area (Å²) in [4.78, 5) is 17.2. The number of fused-ring (bicyclic) bond motifs is 1. The zero-order valence-electron chi connectivity index (χ0n) is 21.0. The van der Waals surface area contributed by atoms with Crippen LogP contribution in [0.4, 0.5) is 0 Å². The van der Waals surface area contributed by atoms with Gasteiger partial charge in [0.25, 0.3) is 0 Å². The van der Waals surface area contributed by atoms with Crippen LogP contribution in [0.25, 0.3) is 10.9 Å². The average Bonchev–Trinajstić information content (AvgIpc) is 3.35. The summed E-state index contributed by atoms with van der Waals surface area (Å²) in [5, 5.41) is 10.5. The maximum atomic E-state index is 12.4. The number of aryl methyl sites for hydroxylation is 1. The number of H-pyrrole nitrogens is 1. The van der Waals surface area contributed by atoms with E-state index in [0.717, 1.165) is 52.7 Å². The lowest BCUT2D eigenvalue weighted by Crippen LogP contribution is -2.62. The van der Waals surface area contributed by atoms with E-state index < -0.39 is 16.0 Å². The minimum absolute atomic E-state index is 0.0353. The largest absolute Gasteiger partial charge is 0.496 e. The number of ether oxygens (including phenoxy) is 1. The highest BCUT2D eigenvalue weighted by Gasteiger charge is 2.51. The van der Waals surface area contributed by atoms with Crippen molar-refractivity contribution >= 4 is 26.9 Å². The number of rotatable bonds is 7. The van der Waals surface area contributed by atoms with Crippen LogP contribution >= 0.6 is 0 Å². The Morgan fingerprint density at radius 1 is 1.22 bits per heavy atom. The molecule has 5 rings (SSSR count). The number of likely N-dealkylation sites (tertiary alicyclic amines) is 1. The SMILES string of the molecule is CCS(=O)(=O)N1CC2(CCN(Cc3c(OC)cc(C)c4[nH]ccc34)C(c3ccc(C(=O)O)cc3)C2)C1. The van der Waals surface area contributed by atoms with Gasteiger partial charge in [0.05, 0.1) is 18.4 Å². The van der Waals surface area contributed by atoms with Crippen molar-refractivity contribution in [1.29, 1.82) is 0 Å². The molecule has 1 aromatic heterocycles.